The van der Waals surface area contributed by atoms with Gasteiger partial charge >= 0.3 is 6.03 Å². The normalized spacial score (nSPS) is 19.2. The molecule has 0 aliphatic carbocycles. The summed E-state index contributed by atoms with van der Waals surface area (Å²) >= 11 is 0. The number of carbonyl (C=O) groups excluding carboxylic acids is 4. The van der Waals surface area contributed by atoms with Crippen molar-refractivity contribution in [2.45, 2.75) is 12.5 Å². The van der Waals surface area contributed by atoms with E-state index in [2.05, 4.69) is 10.6 Å². The van der Waals surface area contributed by atoms with Gasteiger partial charge in [0, 0.05) is 14.1 Å². The number of methoxy groups -OCH3 is 1. The highest BCUT2D eigenvalue weighted by Gasteiger charge is 2.49. The first-order valence-corrected chi connectivity index (χ1v) is 7.96. The van der Waals surface area contributed by atoms with Crippen LogP contribution in [-0.2, 0) is 19.9 Å². The third kappa shape index (κ3) is 3.61. The Labute approximate surface area is 151 Å². The van der Waals surface area contributed by atoms with Crippen LogP contribution in [-0.4, -0.2) is 67.8 Å². The fourth-order valence-electron chi connectivity index (χ4n) is 2.61. The second kappa shape index (κ2) is 7.42. The van der Waals surface area contributed by atoms with Gasteiger partial charge in [-0.2, -0.15) is 0 Å². The molecular weight excluding hydrogens is 340 g/mol. The lowest BCUT2D eigenvalue weighted by Gasteiger charge is -2.23. The van der Waals surface area contributed by atoms with Gasteiger partial charge in [0.25, 0.3) is 5.91 Å². The molecule has 0 aromatic heterocycles. The van der Waals surface area contributed by atoms with E-state index in [0.29, 0.717) is 11.3 Å². The van der Waals surface area contributed by atoms with E-state index in [9.17, 15) is 19.2 Å². The van der Waals surface area contributed by atoms with Crippen LogP contribution in [0.1, 0.15) is 12.5 Å². The van der Waals surface area contributed by atoms with Gasteiger partial charge < -0.3 is 20.3 Å². The fraction of sp³-hybridized carbons (Fsp3) is 0.412. The summed E-state index contributed by atoms with van der Waals surface area (Å²) in [6, 6.07) is 6.12. The molecule has 1 fully saturated rings. The molecule has 26 heavy (non-hydrogen) atoms. The quantitative estimate of drug-likeness (QED) is 0.674. The smallest absolute Gasteiger partial charge is 0.325 e. The van der Waals surface area contributed by atoms with Crippen molar-refractivity contribution in [1.82, 2.24) is 20.4 Å². The largest absolute Gasteiger partial charge is 0.497 e. The molecule has 0 unspecified atom stereocenters. The average molecular weight is 362 g/mol. The number of amides is 5. The Balaban J connectivity index is 2.17. The van der Waals surface area contributed by atoms with E-state index < -0.39 is 29.9 Å². The maximum atomic E-state index is 12.8. The lowest BCUT2D eigenvalue weighted by Crippen LogP contribution is -2.45. The first kappa shape index (κ1) is 19.2. The van der Waals surface area contributed by atoms with E-state index in [-0.39, 0.29) is 12.5 Å². The van der Waals surface area contributed by atoms with Crippen molar-refractivity contribution in [2.24, 2.45) is 0 Å². The maximum absolute atomic E-state index is 12.8. The molecule has 0 bridgehead atoms. The van der Waals surface area contributed by atoms with Crippen molar-refractivity contribution in [3.63, 3.8) is 0 Å². The van der Waals surface area contributed by atoms with E-state index in [4.69, 9.17) is 4.74 Å². The summed E-state index contributed by atoms with van der Waals surface area (Å²) < 4.78 is 5.16. The Morgan fingerprint density at radius 2 is 2.04 bits per heavy atom. The zero-order valence-electron chi connectivity index (χ0n) is 15.2. The van der Waals surface area contributed by atoms with Gasteiger partial charge in [0.1, 0.15) is 17.8 Å². The van der Waals surface area contributed by atoms with Crippen LogP contribution in [0.2, 0.25) is 0 Å². The minimum atomic E-state index is -1.30. The summed E-state index contributed by atoms with van der Waals surface area (Å²) in [6.07, 6.45) is 0. The number of imide groups is 1. The third-order valence-electron chi connectivity index (χ3n) is 4.30. The molecule has 1 atom stereocenters. The van der Waals surface area contributed by atoms with Crippen LogP contribution in [0.25, 0.3) is 0 Å². The Kier molecular flexibility index (Phi) is 5.49. The van der Waals surface area contributed by atoms with Crippen molar-refractivity contribution < 1.29 is 23.9 Å². The Bertz CT molecular complexity index is 750. The number of nitrogens with one attached hydrogen (secondary N) is 2. The van der Waals surface area contributed by atoms with Gasteiger partial charge in [-0.1, -0.05) is 12.1 Å². The first-order chi connectivity index (χ1) is 12.2. The van der Waals surface area contributed by atoms with Crippen molar-refractivity contribution in [2.75, 3.05) is 34.3 Å². The van der Waals surface area contributed by atoms with Crippen LogP contribution >= 0.6 is 0 Å². The summed E-state index contributed by atoms with van der Waals surface area (Å²) in [4.78, 5) is 50.7. The number of benzene rings is 1. The van der Waals surface area contributed by atoms with E-state index in [1.165, 1.54) is 21.2 Å². The molecule has 5 amide bonds. The van der Waals surface area contributed by atoms with Crippen molar-refractivity contribution in [3.8, 4) is 5.75 Å². The summed E-state index contributed by atoms with van der Waals surface area (Å²) in [5.41, 5.74) is -0.755. The predicted octanol–water partition coefficient (Wildman–Crippen LogP) is -0.333. The zero-order valence-corrected chi connectivity index (χ0v) is 15.2. The molecule has 2 N–H and O–H groups in total. The van der Waals surface area contributed by atoms with Crippen LogP contribution < -0.4 is 15.4 Å². The molecular formula is C17H22N4O5. The molecule has 9 heteroatoms. The number of rotatable bonds is 6. The number of hydrogen-bond acceptors (Lipinski definition) is 5. The van der Waals surface area contributed by atoms with Crippen LogP contribution in [0.4, 0.5) is 4.79 Å². The Morgan fingerprint density at radius 3 is 2.65 bits per heavy atom. The standard InChI is InChI=1S/C17H22N4O5/c1-17(11-6-5-7-12(8-11)26-4)15(24)21(16(25)19-17)10-14(23)20(3)9-13(22)18-2/h5-8H,9-10H2,1-4H3,(H,18,22)(H,19,25)/t17-/m1/s1. The predicted molar refractivity (Wildman–Crippen MR) is 92.3 cm³/mol. The lowest BCUT2D eigenvalue weighted by atomic mass is 9.92. The Morgan fingerprint density at radius 1 is 1.35 bits per heavy atom. The van der Waals surface area contributed by atoms with Gasteiger partial charge in [-0.25, -0.2) is 4.79 Å². The van der Waals surface area contributed by atoms with Crippen LogP contribution in [0.15, 0.2) is 24.3 Å². The number of urea groups is 1. The molecule has 1 aliphatic heterocycles. The van der Waals surface area contributed by atoms with Gasteiger partial charge in [-0.05, 0) is 24.6 Å². The monoisotopic (exact) mass is 362 g/mol. The molecule has 9 nitrogen and oxygen atoms in total. The van der Waals surface area contributed by atoms with Gasteiger partial charge in [-0.3, -0.25) is 19.3 Å². The molecule has 0 saturated carbocycles. The van der Waals surface area contributed by atoms with Gasteiger partial charge in [0.05, 0.1) is 13.7 Å². The number of nitrogens with zero attached hydrogens (tertiary/aromatic N) is 2. The molecule has 2 rings (SSSR count). The highest BCUT2D eigenvalue weighted by molar-refractivity contribution is 6.09. The molecule has 0 radical (unpaired) electrons. The molecule has 1 saturated heterocycles. The number of likely N-dealkylation sites (N-methyl/N-ethyl adjacent to an activating group) is 2. The lowest BCUT2D eigenvalue weighted by molar-refractivity contribution is -0.139. The van der Waals surface area contributed by atoms with Crippen molar-refractivity contribution in [1.29, 1.82) is 0 Å². The fourth-order valence-corrected chi connectivity index (χ4v) is 2.61. The number of ether oxygens (including phenoxy) is 1. The molecule has 140 valence electrons. The van der Waals surface area contributed by atoms with E-state index in [0.717, 1.165) is 9.80 Å². The number of carbonyl (C=O) groups is 4. The van der Waals surface area contributed by atoms with Crippen molar-refractivity contribution >= 4 is 23.8 Å². The average Bonchev–Trinajstić information content (AvgIpc) is 2.85. The van der Waals surface area contributed by atoms with Gasteiger partial charge in [0.2, 0.25) is 11.8 Å². The summed E-state index contributed by atoms with van der Waals surface area (Å²) in [7, 11) is 4.39. The van der Waals surface area contributed by atoms with Crippen LogP contribution in [0.5, 0.6) is 5.75 Å². The van der Waals surface area contributed by atoms with Gasteiger partial charge in [-0.15, -0.1) is 0 Å². The second-order valence-electron chi connectivity index (χ2n) is 6.10. The third-order valence-corrected chi connectivity index (χ3v) is 4.30. The first-order valence-electron chi connectivity index (χ1n) is 7.96. The van der Waals surface area contributed by atoms with Crippen LogP contribution in [0, 0.1) is 0 Å². The topological polar surface area (TPSA) is 108 Å². The van der Waals surface area contributed by atoms with Crippen molar-refractivity contribution in [3.05, 3.63) is 29.8 Å². The van der Waals surface area contributed by atoms with Crippen LogP contribution in [0.3, 0.4) is 0 Å². The molecule has 1 heterocycles. The van der Waals surface area contributed by atoms with Gasteiger partial charge in [0.15, 0.2) is 0 Å². The summed E-state index contributed by atoms with van der Waals surface area (Å²) in [5, 5.41) is 5.03. The van der Waals surface area contributed by atoms with E-state index in [1.54, 1.807) is 31.2 Å². The maximum Gasteiger partial charge on any atom is 0.325 e. The highest BCUT2D eigenvalue weighted by atomic mass is 16.5. The molecule has 1 aromatic rings. The Hall–Kier alpha value is -3.10. The van der Waals surface area contributed by atoms with E-state index >= 15 is 0 Å². The SMILES string of the molecule is CNC(=O)CN(C)C(=O)CN1C(=O)N[C@](C)(c2cccc(OC)c2)C1=O. The highest BCUT2D eigenvalue weighted by Crippen LogP contribution is 2.30. The summed E-state index contributed by atoms with van der Waals surface area (Å²) in [5.74, 6) is -0.866. The molecule has 0 spiro atoms. The zero-order chi connectivity index (χ0) is 19.5. The molecule has 1 aromatic carbocycles. The van der Waals surface area contributed by atoms with E-state index in [1.807, 2.05) is 0 Å². The minimum Gasteiger partial charge on any atom is -0.497 e. The summed E-state index contributed by atoms with van der Waals surface area (Å²) in [6.45, 7) is 0.963. The minimum absolute atomic E-state index is 0.161. The number of hydrogen-bond donors (Lipinski definition) is 2. The molecule has 1 aliphatic rings. The second-order valence-corrected chi connectivity index (χ2v) is 6.10.